The van der Waals surface area contributed by atoms with Crippen molar-refractivity contribution in [3.05, 3.63) is 0 Å². The lowest BCUT2D eigenvalue weighted by atomic mass is 9.85. The van der Waals surface area contributed by atoms with E-state index in [0.29, 0.717) is 12.8 Å². The summed E-state index contributed by atoms with van der Waals surface area (Å²) in [6.07, 6.45) is 0.384. The number of amides is 1. The van der Waals surface area contributed by atoms with Crippen molar-refractivity contribution in [1.29, 1.82) is 0 Å². The van der Waals surface area contributed by atoms with Crippen LogP contribution in [0.5, 0.6) is 0 Å². The quantitative estimate of drug-likeness (QED) is 0.802. The number of ether oxygens (including phenoxy) is 1. The zero-order valence-corrected chi connectivity index (χ0v) is 11.5. The number of methoxy groups -OCH3 is 1. The molecular weight excluding hydrogens is 258 g/mol. The molecule has 1 amide bonds. The van der Waals surface area contributed by atoms with Gasteiger partial charge in [-0.05, 0) is 25.7 Å². The Morgan fingerprint density at radius 1 is 1.33 bits per heavy atom. The molecule has 1 atom stereocenters. The first kappa shape index (κ1) is 14.9. The Balaban J connectivity index is 2.58. The number of Topliss-reactive ketones (excluding diaryl/α,β-unsaturated/α-hetero) is 1. The van der Waals surface area contributed by atoms with Crippen molar-refractivity contribution in [2.45, 2.75) is 19.8 Å². The highest BCUT2D eigenvalue weighted by atomic mass is 32.2. The number of sulfone groups is 1. The van der Waals surface area contributed by atoms with Crippen LogP contribution in [0.4, 0.5) is 4.79 Å². The average molecular weight is 277 g/mol. The van der Waals surface area contributed by atoms with E-state index in [1.807, 2.05) is 0 Å². The van der Waals surface area contributed by atoms with Gasteiger partial charge in [0, 0.05) is 12.5 Å². The molecule has 1 N–H and O–H groups in total. The number of hydrogen-bond donors (Lipinski definition) is 1. The van der Waals surface area contributed by atoms with Crippen LogP contribution < -0.4 is 5.32 Å². The molecule has 0 aromatic carbocycles. The van der Waals surface area contributed by atoms with Gasteiger partial charge in [-0.15, -0.1) is 0 Å². The van der Waals surface area contributed by atoms with Crippen LogP contribution >= 0.6 is 0 Å². The van der Waals surface area contributed by atoms with Gasteiger partial charge in [-0.2, -0.15) is 0 Å². The molecule has 104 valence electrons. The van der Waals surface area contributed by atoms with Crippen LogP contribution in [0.3, 0.4) is 0 Å². The minimum Gasteiger partial charge on any atom is -0.453 e. The molecule has 0 bridgehead atoms. The van der Waals surface area contributed by atoms with Crippen molar-refractivity contribution < 1.29 is 22.7 Å². The molecular formula is C11H19NO5S. The Bertz CT molecular complexity index is 403. The van der Waals surface area contributed by atoms with E-state index in [4.69, 9.17) is 0 Å². The number of carbonyl (C=O) groups excluding carboxylic acids is 2. The van der Waals surface area contributed by atoms with E-state index in [1.165, 1.54) is 14.0 Å². The second-order valence-corrected chi connectivity index (χ2v) is 6.88. The summed E-state index contributed by atoms with van der Waals surface area (Å²) in [5, 5.41) is 2.50. The van der Waals surface area contributed by atoms with Gasteiger partial charge in [-0.25, -0.2) is 13.2 Å². The van der Waals surface area contributed by atoms with E-state index in [9.17, 15) is 18.0 Å². The molecule has 1 saturated heterocycles. The van der Waals surface area contributed by atoms with Gasteiger partial charge in [0.1, 0.15) is 15.6 Å². The highest BCUT2D eigenvalue weighted by Gasteiger charge is 2.32. The van der Waals surface area contributed by atoms with Gasteiger partial charge in [-0.1, -0.05) is 0 Å². The van der Waals surface area contributed by atoms with E-state index >= 15 is 0 Å². The van der Waals surface area contributed by atoms with Crippen LogP contribution in [0.25, 0.3) is 0 Å². The Morgan fingerprint density at radius 3 is 2.33 bits per heavy atom. The largest absolute Gasteiger partial charge is 0.453 e. The zero-order valence-electron chi connectivity index (χ0n) is 10.6. The number of hydrogen-bond acceptors (Lipinski definition) is 5. The molecule has 1 heterocycles. The fraction of sp³-hybridized carbons (Fsp3) is 0.818. The Morgan fingerprint density at radius 2 is 1.89 bits per heavy atom. The first-order chi connectivity index (χ1) is 8.35. The summed E-state index contributed by atoms with van der Waals surface area (Å²) in [6.45, 7) is 1.67. The third-order valence-electron chi connectivity index (χ3n) is 3.34. The van der Waals surface area contributed by atoms with E-state index in [1.54, 1.807) is 0 Å². The normalized spacial score (nSPS) is 21.0. The predicted molar refractivity (Wildman–Crippen MR) is 66.0 cm³/mol. The van der Waals surface area contributed by atoms with E-state index < -0.39 is 15.9 Å². The number of ketones is 1. The first-order valence-corrected chi connectivity index (χ1v) is 7.70. The Labute approximate surface area is 107 Å². The molecule has 1 rings (SSSR count). The second-order valence-electron chi connectivity index (χ2n) is 4.58. The molecule has 0 aromatic rings. The molecule has 0 aromatic heterocycles. The van der Waals surface area contributed by atoms with Crippen molar-refractivity contribution in [1.82, 2.24) is 5.32 Å². The van der Waals surface area contributed by atoms with Crippen molar-refractivity contribution in [3.8, 4) is 0 Å². The topological polar surface area (TPSA) is 89.5 Å². The maximum atomic E-state index is 11.6. The summed E-state index contributed by atoms with van der Waals surface area (Å²) in [5.74, 6) is -0.0993. The fourth-order valence-corrected chi connectivity index (χ4v) is 3.75. The maximum absolute atomic E-state index is 11.6. The fourth-order valence-electron chi connectivity index (χ4n) is 2.22. The van der Waals surface area contributed by atoms with Crippen LogP contribution in [-0.2, 0) is 19.4 Å². The lowest BCUT2D eigenvalue weighted by Crippen LogP contribution is -2.39. The summed E-state index contributed by atoms with van der Waals surface area (Å²) in [5.41, 5.74) is 0. The standard InChI is InChI=1S/C11H19NO5S/c1-8(13)10(7-12-11(14)17-2)9-3-5-18(15,16)6-4-9/h9-10H,3-7H2,1-2H3,(H,12,14)/t10-/m1/s1. The average Bonchev–Trinajstić information content (AvgIpc) is 2.30. The summed E-state index contributed by atoms with van der Waals surface area (Å²) < 4.78 is 27.1. The summed E-state index contributed by atoms with van der Waals surface area (Å²) in [7, 11) is -1.68. The van der Waals surface area contributed by atoms with Gasteiger partial charge in [0.25, 0.3) is 0 Å². The molecule has 7 heteroatoms. The maximum Gasteiger partial charge on any atom is 0.406 e. The van der Waals surface area contributed by atoms with Crippen LogP contribution in [-0.4, -0.2) is 45.5 Å². The van der Waals surface area contributed by atoms with E-state index in [-0.39, 0.29) is 35.7 Å². The highest BCUT2D eigenvalue weighted by Crippen LogP contribution is 2.26. The van der Waals surface area contributed by atoms with E-state index in [2.05, 4.69) is 10.1 Å². The van der Waals surface area contributed by atoms with Gasteiger partial charge in [0.05, 0.1) is 18.6 Å². The number of rotatable bonds is 4. The van der Waals surface area contributed by atoms with Crippen LogP contribution in [0.15, 0.2) is 0 Å². The van der Waals surface area contributed by atoms with Crippen LogP contribution in [0.1, 0.15) is 19.8 Å². The number of carbonyl (C=O) groups is 2. The van der Waals surface area contributed by atoms with E-state index in [0.717, 1.165) is 0 Å². The van der Waals surface area contributed by atoms with Gasteiger partial charge < -0.3 is 10.1 Å². The second kappa shape index (κ2) is 6.17. The molecule has 0 unspecified atom stereocenters. The molecule has 1 aliphatic rings. The van der Waals surface area contributed by atoms with Crippen LogP contribution in [0, 0.1) is 11.8 Å². The zero-order chi connectivity index (χ0) is 13.8. The smallest absolute Gasteiger partial charge is 0.406 e. The Hall–Kier alpha value is -1.11. The van der Waals surface area contributed by atoms with Gasteiger partial charge >= 0.3 is 6.09 Å². The molecule has 18 heavy (non-hydrogen) atoms. The highest BCUT2D eigenvalue weighted by molar-refractivity contribution is 7.91. The summed E-state index contributed by atoms with van der Waals surface area (Å²) in [4.78, 5) is 22.5. The third-order valence-corrected chi connectivity index (χ3v) is 5.06. The van der Waals surface area contributed by atoms with Crippen molar-refractivity contribution in [2.75, 3.05) is 25.2 Å². The molecule has 0 spiro atoms. The number of nitrogens with one attached hydrogen (secondary N) is 1. The van der Waals surface area contributed by atoms with Gasteiger partial charge in [0.15, 0.2) is 0 Å². The molecule has 0 saturated carbocycles. The third kappa shape index (κ3) is 4.29. The lowest BCUT2D eigenvalue weighted by molar-refractivity contribution is -0.122. The molecule has 1 aliphatic heterocycles. The van der Waals surface area contributed by atoms with Gasteiger partial charge in [0.2, 0.25) is 0 Å². The number of alkyl carbamates (subject to hydrolysis) is 1. The summed E-state index contributed by atoms with van der Waals surface area (Å²) >= 11 is 0. The van der Waals surface area contributed by atoms with Crippen molar-refractivity contribution in [3.63, 3.8) is 0 Å². The monoisotopic (exact) mass is 277 g/mol. The van der Waals surface area contributed by atoms with Crippen molar-refractivity contribution in [2.24, 2.45) is 11.8 Å². The summed E-state index contributed by atoms with van der Waals surface area (Å²) in [6, 6.07) is 0. The molecule has 0 radical (unpaired) electrons. The first-order valence-electron chi connectivity index (χ1n) is 5.88. The van der Waals surface area contributed by atoms with Gasteiger partial charge in [-0.3, -0.25) is 4.79 Å². The molecule has 1 fully saturated rings. The molecule has 0 aliphatic carbocycles. The molecule has 6 nitrogen and oxygen atoms in total. The Kier molecular flexibility index (Phi) is 5.13. The van der Waals surface area contributed by atoms with Crippen LogP contribution in [0.2, 0.25) is 0 Å². The SMILES string of the molecule is COC(=O)NC[C@H](C(C)=O)C1CCS(=O)(=O)CC1. The predicted octanol–water partition coefficient (Wildman–Crippen LogP) is 0.372. The minimum atomic E-state index is -2.93. The lowest BCUT2D eigenvalue weighted by Gasteiger charge is -2.28. The minimum absolute atomic E-state index is 0.0168. The van der Waals surface area contributed by atoms with Crippen molar-refractivity contribution >= 4 is 21.7 Å².